The SMILES string of the molecule is Cc1ccc(C)c(COc2ccc(N)c3ncccc23)c1. The van der Waals surface area contributed by atoms with Gasteiger partial charge in [-0.25, -0.2) is 0 Å². The number of fused-ring (bicyclic) bond motifs is 1. The Kier molecular flexibility index (Phi) is 3.48. The Balaban J connectivity index is 1.92. The van der Waals surface area contributed by atoms with Crippen molar-refractivity contribution < 1.29 is 4.74 Å². The third kappa shape index (κ3) is 2.68. The Hall–Kier alpha value is -2.55. The molecule has 3 heteroatoms. The number of rotatable bonds is 3. The monoisotopic (exact) mass is 278 g/mol. The van der Waals surface area contributed by atoms with Crippen molar-refractivity contribution >= 4 is 16.6 Å². The van der Waals surface area contributed by atoms with Gasteiger partial charge in [0.05, 0.1) is 11.2 Å². The lowest BCUT2D eigenvalue weighted by Crippen LogP contribution is -2.00. The second-order valence-corrected chi connectivity index (χ2v) is 5.27. The van der Waals surface area contributed by atoms with Crippen LogP contribution in [0.15, 0.2) is 48.7 Å². The molecule has 21 heavy (non-hydrogen) atoms. The summed E-state index contributed by atoms with van der Waals surface area (Å²) in [6, 6.07) is 14.0. The molecule has 2 N–H and O–H groups in total. The molecule has 1 heterocycles. The van der Waals surface area contributed by atoms with Crippen LogP contribution in [0.1, 0.15) is 16.7 Å². The highest BCUT2D eigenvalue weighted by molar-refractivity contribution is 5.93. The van der Waals surface area contributed by atoms with Crippen LogP contribution in [0, 0.1) is 13.8 Å². The van der Waals surface area contributed by atoms with Gasteiger partial charge in [0, 0.05) is 11.6 Å². The molecule has 0 aliphatic heterocycles. The van der Waals surface area contributed by atoms with Crippen molar-refractivity contribution in [2.75, 3.05) is 5.73 Å². The van der Waals surface area contributed by atoms with E-state index in [-0.39, 0.29) is 0 Å². The molecule has 0 saturated heterocycles. The first-order chi connectivity index (χ1) is 10.1. The number of hydrogen-bond donors (Lipinski definition) is 1. The van der Waals surface area contributed by atoms with E-state index in [1.165, 1.54) is 16.7 Å². The Labute approximate surface area is 124 Å². The molecule has 0 bridgehead atoms. The van der Waals surface area contributed by atoms with Gasteiger partial charge in [-0.2, -0.15) is 0 Å². The zero-order valence-corrected chi connectivity index (χ0v) is 12.3. The number of anilines is 1. The van der Waals surface area contributed by atoms with Gasteiger partial charge < -0.3 is 10.5 Å². The summed E-state index contributed by atoms with van der Waals surface area (Å²) in [5, 5.41) is 0.947. The molecule has 0 saturated carbocycles. The quantitative estimate of drug-likeness (QED) is 0.736. The lowest BCUT2D eigenvalue weighted by Gasteiger charge is -2.12. The number of aromatic nitrogens is 1. The largest absolute Gasteiger partial charge is 0.488 e. The van der Waals surface area contributed by atoms with E-state index in [4.69, 9.17) is 10.5 Å². The van der Waals surface area contributed by atoms with Gasteiger partial charge in [-0.1, -0.05) is 23.8 Å². The van der Waals surface area contributed by atoms with Crippen molar-refractivity contribution in [1.29, 1.82) is 0 Å². The second kappa shape index (κ2) is 5.44. The molecule has 0 aliphatic rings. The number of nitrogen functional groups attached to an aromatic ring is 1. The summed E-state index contributed by atoms with van der Waals surface area (Å²) < 4.78 is 6.00. The topological polar surface area (TPSA) is 48.1 Å². The highest BCUT2D eigenvalue weighted by Crippen LogP contribution is 2.29. The number of benzene rings is 2. The highest BCUT2D eigenvalue weighted by atomic mass is 16.5. The molecular weight excluding hydrogens is 260 g/mol. The number of ether oxygens (including phenoxy) is 1. The van der Waals surface area contributed by atoms with Crippen LogP contribution in [0.3, 0.4) is 0 Å². The van der Waals surface area contributed by atoms with Gasteiger partial charge in [0.15, 0.2) is 0 Å². The fraction of sp³-hybridized carbons (Fsp3) is 0.167. The summed E-state index contributed by atoms with van der Waals surface area (Å²) in [4.78, 5) is 4.32. The first-order valence-corrected chi connectivity index (χ1v) is 6.97. The molecular formula is C18H18N2O. The minimum Gasteiger partial charge on any atom is -0.488 e. The lowest BCUT2D eigenvalue weighted by molar-refractivity contribution is 0.309. The predicted octanol–water partition coefficient (Wildman–Crippen LogP) is 4.01. The molecule has 3 nitrogen and oxygen atoms in total. The van der Waals surface area contributed by atoms with Crippen LogP contribution in [0.4, 0.5) is 5.69 Å². The van der Waals surface area contributed by atoms with Gasteiger partial charge >= 0.3 is 0 Å². The van der Waals surface area contributed by atoms with Crippen LogP contribution in [-0.2, 0) is 6.61 Å². The van der Waals surface area contributed by atoms with Gasteiger partial charge in [0.1, 0.15) is 12.4 Å². The van der Waals surface area contributed by atoms with Crippen molar-refractivity contribution in [3.05, 3.63) is 65.4 Å². The summed E-state index contributed by atoms with van der Waals surface area (Å²) in [6.45, 7) is 4.73. The molecule has 3 rings (SSSR count). The first kappa shape index (κ1) is 13.4. The highest BCUT2D eigenvalue weighted by Gasteiger charge is 2.07. The zero-order valence-electron chi connectivity index (χ0n) is 12.3. The number of hydrogen-bond acceptors (Lipinski definition) is 3. The smallest absolute Gasteiger partial charge is 0.129 e. The molecule has 0 unspecified atom stereocenters. The maximum Gasteiger partial charge on any atom is 0.129 e. The summed E-state index contributed by atoms with van der Waals surface area (Å²) in [7, 11) is 0. The van der Waals surface area contributed by atoms with E-state index in [0.29, 0.717) is 12.3 Å². The van der Waals surface area contributed by atoms with Crippen molar-refractivity contribution in [1.82, 2.24) is 4.98 Å². The Morgan fingerprint density at radius 3 is 2.81 bits per heavy atom. The molecule has 0 amide bonds. The molecule has 0 fully saturated rings. The fourth-order valence-corrected chi connectivity index (χ4v) is 2.41. The van der Waals surface area contributed by atoms with E-state index >= 15 is 0 Å². The number of nitrogens with two attached hydrogens (primary N) is 1. The van der Waals surface area contributed by atoms with Gasteiger partial charge in [-0.05, 0) is 49.2 Å². The van der Waals surface area contributed by atoms with E-state index in [1.54, 1.807) is 6.20 Å². The summed E-state index contributed by atoms with van der Waals surface area (Å²) in [5.74, 6) is 0.813. The second-order valence-electron chi connectivity index (χ2n) is 5.27. The van der Waals surface area contributed by atoms with Crippen molar-refractivity contribution in [3.8, 4) is 5.75 Å². The predicted molar refractivity (Wildman–Crippen MR) is 86.4 cm³/mol. The van der Waals surface area contributed by atoms with Crippen LogP contribution in [0.2, 0.25) is 0 Å². The molecule has 2 aromatic carbocycles. The fourth-order valence-electron chi connectivity index (χ4n) is 2.41. The van der Waals surface area contributed by atoms with Gasteiger partial charge in [0.25, 0.3) is 0 Å². The van der Waals surface area contributed by atoms with E-state index in [2.05, 4.69) is 37.0 Å². The maximum atomic E-state index is 6.00. The first-order valence-electron chi connectivity index (χ1n) is 6.97. The van der Waals surface area contributed by atoms with Gasteiger partial charge in [0.2, 0.25) is 0 Å². The van der Waals surface area contributed by atoms with Crippen LogP contribution in [0.5, 0.6) is 5.75 Å². The van der Waals surface area contributed by atoms with E-state index < -0.39 is 0 Å². The maximum absolute atomic E-state index is 6.00. The van der Waals surface area contributed by atoms with Crippen LogP contribution >= 0.6 is 0 Å². The van der Waals surface area contributed by atoms with Crippen molar-refractivity contribution in [3.63, 3.8) is 0 Å². The number of aryl methyl sites for hydroxylation is 2. The number of pyridine rings is 1. The standard InChI is InChI=1S/C18H18N2O/c1-12-5-6-13(2)14(10-12)11-21-17-8-7-16(19)18-15(17)4-3-9-20-18/h3-10H,11,19H2,1-2H3. The Morgan fingerprint density at radius 1 is 1.10 bits per heavy atom. The normalized spacial score (nSPS) is 10.8. The third-order valence-electron chi connectivity index (χ3n) is 3.65. The molecule has 3 aromatic rings. The van der Waals surface area contributed by atoms with Crippen molar-refractivity contribution in [2.45, 2.75) is 20.5 Å². The van der Waals surface area contributed by atoms with Crippen molar-refractivity contribution in [2.24, 2.45) is 0 Å². The summed E-state index contributed by atoms with van der Waals surface area (Å²) in [6.07, 6.45) is 1.74. The van der Waals surface area contributed by atoms with Crippen LogP contribution in [0.25, 0.3) is 10.9 Å². The van der Waals surface area contributed by atoms with E-state index in [9.17, 15) is 0 Å². The molecule has 106 valence electrons. The van der Waals surface area contributed by atoms with Crippen LogP contribution in [-0.4, -0.2) is 4.98 Å². The third-order valence-corrected chi connectivity index (χ3v) is 3.65. The molecule has 1 aromatic heterocycles. The lowest BCUT2D eigenvalue weighted by atomic mass is 10.1. The van der Waals surface area contributed by atoms with Gasteiger partial charge in [-0.3, -0.25) is 4.98 Å². The molecule has 0 aliphatic carbocycles. The minimum absolute atomic E-state index is 0.543. The van der Waals surface area contributed by atoms with E-state index in [1.807, 2.05) is 24.3 Å². The van der Waals surface area contributed by atoms with Crippen LogP contribution < -0.4 is 10.5 Å². The summed E-state index contributed by atoms with van der Waals surface area (Å²) in [5.41, 5.74) is 11.1. The molecule has 0 atom stereocenters. The minimum atomic E-state index is 0.543. The average molecular weight is 278 g/mol. The van der Waals surface area contributed by atoms with Gasteiger partial charge in [-0.15, -0.1) is 0 Å². The number of nitrogens with zero attached hydrogens (tertiary/aromatic N) is 1. The molecule has 0 radical (unpaired) electrons. The zero-order chi connectivity index (χ0) is 14.8. The summed E-state index contributed by atoms with van der Waals surface area (Å²) >= 11 is 0. The molecule has 0 spiro atoms. The average Bonchev–Trinajstić information content (AvgIpc) is 2.50. The Morgan fingerprint density at radius 2 is 1.95 bits per heavy atom. The van der Waals surface area contributed by atoms with E-state index in [0.717, 1.165) is 16.7 Å². The Bertz CT molecular complexity index is 796.